The third-order valence-electron chi connectivity index (χ3n) is 3.71. The fourth-order valence-electron chi connectivity index (χ4n) is 2.24. The van der Waals surface area contributed by atoms with Crippen molar-refractivity contribution in [2.45, 2.75) is 31.7 Å². The summed E-state index contributed by atoms with van der Waals surface area (Å²) in [5, 5.41) is 9.18. The Hall–Kier alpha value is -1.82. The largest absolute Gasteiger partial charge is 0.342 e. The zero-order chi connectivity index (χ0) is 13.0. The summed E-state index contributed by atoms with van der Waals surface area (Å²) < 4.78 is 0. The number of benzene rings is 1. The molecule has 1 aromatic carbocycles. The van der Waals surface area contributed by atoms with Gasteiger partial charge in [0.1, 0.15) is 5.92 Å². The molecule has 0 radical (unpaired) electrons. The molecule has 0 aromatic heterocycles. The average Bonchev–Trinajstić information content (AvgIpc) is 2.34. The predicted octanol–water partition coefficient (Wildman–Crippen LogP) is 2.38. The predicted molar refractivity (Wildman–Crippen MR) is 69.7 cm³/mol. The highest BCUT2D eigenvalue weighted by Crippen LogP contribution is 2.25. The van der Waals surface area contributed by atoms with E-state index in [1.165, 1.54) is 6.42 Å². The summed E-state index contributed by atoms with van der Waals surface area (Å²) in [5.74, 6) is -0.593. The van der Waals surface area contributed by atoms with Crippen LogP contribution in [-0.2, 0) is 11.2 Å². The smallest absolute Gasteiger partial charge is 0.240 e. The molecule has 0 saturated heterocycles. The number of nitriles is 1. The SMILES string of the molecule is CN(C(=O)C(C#N)Cc1ccccc1)C1CCC1. The molecule has 1 aliphatic rings. The van der Waals surface area contributed by atoms with E-state index in [0.717, 1.165) is 18.4 Å². The van der Waals surface area contributed by atoms with Crippen LogP contribution in [0.5, 0.6) is 0 Å². The van der Waals surface area contributed by atoms with Crippen molar-refractivity contribution in [3.63, 3.8) is 0 Å². The lowest BCUT2D eigenvalue weighted by Gasteiger charge is -2.35. The van der Waals surface area contributed by atoms with Crippen LogP contribution in [0.4, 0.5) is 0 Å². The third-order valence-corrected chi connectivity index (χ3v) is 3.71. The van der Waals surface area contributed by atoms with Crippen molar-refractivity contribution < 1.29 is 4.79 Å². The van der Waals surface area contributed by atoms with Crippen LogP contribution < -0.4 is 0 Å². The van der Waals surface area contributed by atoms with Gasteiger partial charge in [-0.25, -0.2) is 0 Å². The Bertz CT molecular complexity index is 445. The monoisotopic (exact) mass is 242 g/mol. The number of hydrogen-bond donors (Lipinski definition) is 0. The van der Waals surface area contributed by atoms with E-state index in [2.05, 4.69) is 6.07 Å². The maximum absolute atomic E-state index is 12.2. The molecule has 3 nitrogen and oxygen atoms in total. The molecule has 1 saturated carbocycles. The van der Waals surface area contributed by atoms with Crippen LogP contribution in [0.25, 0.3) is 0 Å². The molecule has 18 heavy (non-hydrogen) atoms. The first kappa shape index (κ1) is 12.6. The number of hydrogen-bond acceptors (Lipinski definition) is 2. The van der Waals surface area contributed by atoms with E-state index in [9.17, 15) is 10.1 Å². The average molecular weight is 242 g/mol. The minimum absolute atomic E-state index is 0.0361. The van der Waals surface area contributed by atoms with Gasteiger partial charge in [0.25, 0.3) is 0 Å². The van der Waals surface area contributed by atoms with E-state index in [4.69, 9.17) is 0 Å². The van der Waals surface area contributed by atoms with Crippen molar-refractivity contribution in [2.75, 3.05) is 7.05 Å². The molecule has 1 fully saturated rings. The van der Waals surface area contributed by atoms with Crippen molar-refractivity contribution in [2.24, 2.45) is 5.92 Å². The second kappa shape index (κ2) is 5.68. The van der Waals surface area contributed by atoms with Crippen LogP contribution >= 0.6 is 0 Å². The first-order valence-electron chi connectivity index (χ1n) is 6.42. The molecule has 1 amide bonds. The van der Waals surface area contributed by atoms with Gasteiger partial charge < -0.3 is 4.90 Å². The lowest BCUT2D eigenvalue weighted by molar-refractivity contribution is -0.136. The molecule has 1 aliphatic carbocycles. The topological polar surface area (TPSA) is 44.1 Å². The van der Waals surface area contributed by atoms with Gasteiger partial charge in [0.15, 0.2) is 0 Å². The molecule has 0 heterocycles. The number of nitrogens with zero attached hydrogens (tertiary/aromatic N) is 2. The number of carbonyl (C=O) groups excluding carboxylic acids is 1. The molecule has 0 aliphatic heterocycles. The zero-order valence-electron chi connectivity index (χ0n) is 10.7. The standard InChI is InChI=1S/C15H18N2O/c1-17(14-8-5-9-14)15(18)13(11-16)10-12-6-3-2-4-7-12/h2-4,6-7,13-14H,5,8-10H2,1H3. The molecule has 1 aromatic rings. The summed E-state index contributed by atoms with van der Waals surface area (Å²) in [6.07, 6.45) is 3.85. The number of amides is 1. The lowest BCUT2D eigenvalue weighted by atomic mass is 9.90. The second-order valence-electron chi connectivity index (χ2n) is 4.91. The highest BCUT2D eigenvalue weighted by atomic mass is 16.2. The van der Waals surface area contributed by atoms with Crippen LogP contribution in [0.1, 0.15) is 24.8 Å². The summed E-state index contributed by atoms with van der Waals surface area (Å²) in [6, 6.07) is 12.2. The quantitative estimate of drug-likeness (QED) is 0.813. The van der Waals surface area contributed by atoms with Crippen molar-refractivity contribution in [3.05, 3.63) is 35.9 Å². The van der Waals surface area contributed by atoms with Gasteiger partial charge in [-0.3, -0.25) is 4.79 Å². The first-order valence-corrected chi connectivity index (χ1v) is 6.42. The molecule has 1 atom stereocenters. The Morgan fingerprint density at radius 2 is 2.11 bits per heavy atom. The summed E-state index contributed by atoms with van der Waals surface area (Å²) in [4.78, 5) is 14.0. The van der Waals surface area contributed by atoms with Gasteiger partial charge in [0, 0.05) is 13.1 Å². The Labute approximate surface area is 108 Å². The number of rotatable bonds is 4. The summed E-state index contributed by atoms with van der Waals surface area (Å²) >= 11 is 0. The molecular formula is C15H18N2O. The maximum atomic E-state index is 12.2. The van der Waals surface area contributed by atoms with E-state index in [-0.39, 0.29) is 5.91 Å². The van der Waals surface area contributed by atoms with Gasteiger partial charge in [0.05, 0.1) is 6.07 Å². The molecule has 3 heteroatoms. The molecule has 0 N–H and O–H groups in total. The Morgan fingerprint density at radius 1 is 1.44 bits per heavy atom. The van der Waals surface area contributed by atoms with E-state index in [0.29, 0.717) is 12.5 Å². The maximum Gasteiger partial charge on any atom is 0.240 e. The van der Waals surface area contributed by atoms with Gasteiger partial charge in [0.2, 0.25) is 5.91 Å². The molecule has 2 rings (SSSR count). The molecule has 94 valence electrons. The highest BCUT2D eigenvalue weighted by molar-refractivity contribution is 5.81. The number of carbonyl (C=O) groups is 1. The second-order valence-corrected chi connectivity index (χ2v) is 4.91. The van der Waals surface area contributed by atoms with Crippen LogP contribution in [0.15, 0.2) is 30.3 Å². The van der Waals surface area contributed by atoms with E-state index < -0.39 is 5.92 Å². The van der Waals surface area contributed by atoms with Gasteiger partial charge in [-0.05, 0) is 31.2 Å². The Morgan fingerprint density at radius 3 is 2.61 bits per heavy atom. The molecular weight excluding hydrogens is 224 g/mol. The minimum atomic E-state index is -0.557. The van der Waals surface area contributed by atoms with E-state index >= 15 is 0 Å². The normalized spacial score (nSPS) is 16.4. The Balaban J connectivity index is 2.00. The summed E-state index contributed by atoms with van der Waals surface area (Å²) in [6.45, 7) is 0. The highest BCUT2D eigenvalue weighted by Gasteiger charge is 2.30. The molecule has 1 unspecified atom stereocenters. The van der Waals surface area contributed by atoms with Gasteiger partial charge in [-0.2, -0.15) is 5.26 Å². The fourth-order valence-corrected chi connectivity index (χ4v) is 2.24. The van der Waals surface area contributed by atoms with Crippen molar-refractivity contribution in [1.82, 2.24) is 4.90 Å². The Kier molecular flexibility index (Phi) is 3.99. The van der Waals surface area contributed by atoms with Gasteiger partial charge >= 0.3 is 0 Å². The first-order chi connectivity index (χ1) is 8.72. The minimum Gasteiger partial charge on any atom is -0.342 e. The fraction of sp³-hybridized carbons (Fsp3) is 0.467. The van der Waals surface area contributed by atoms with Gasteiger partial charge in [-0.1, -0.05) is 30.3 Å². The van der Waals surface area contributed by atoms with E-state index in [1.807, 2.05) is 37.4 Å². The van der Waals surface area contributed by atoms with E-state index in [1.54, 1.807) is 4.90 Å². The van der Waals surface area contributed by atoms with Crippen LogP contribution in [-0.4, -0.2) is 23.9 Å². The summed E-state index contributed by atoms with van der Waals surface area (Å²) in [7, 11) is 1.82. The third kappa shape index (κ3) is 2.70. The van der Waals surface area contributed by atoms with Crippen molar-refractivity contribution in [3.8, 4) is 6.07 Å². The molecule has 0 bridgehead atoms. The van der Waals surface area contributed by atoms with Crippen LogP contribution in [0, 0.1) is 17.2 Å². The van der Waals surface area contributed by atoms with Gasteiger partial charge in [-0.15, -0.1) is 0 Å². The summed E-state index contributed by atoms with van der Waals surface area (Å²) in [5.41, 5.74) is 1.04. The zero-order valence-corrected chi connectivity index (χ0v) is 10.7. The molecule has 0 spiro atoms. The lowest BCUT2D eigenvalue weighted by Crippen LogP contribution is -2.44. The van der Waals surface area contributed by atoms with Crippen LogP contribution in [0.3, 0.4) is 0 Å². The van der Waals surface area contributed by atoms with Crippen LogP contribution in [0.2, 0.25) is 0 Å². The van der Waals surface area contributed by atoms with Crippen molar-refractivity contribution in [1.29, 1.82) is 5.26 Å². The van der Waals surface area contributed by atoms with Crippen molar-refractivity contribution >= 4 is 5.91 Å².